The molecule has 0 amide bonds. The molecule has 1 fully saturated rings. The van der Waals surface area contributed by atoms with E-state index in [1.807, 2.05) is 11.5 Å². The highest BCUT2D eigenvalue weighted by Gasteiger charge is 2.28. The number of rotatable bonds is 5. The molecule has 2 aromatic rings. The number of aliphatic imine (C=N–C) groups is 1. The second-order valence-corrected chi connectivity index (χ2v) is 8.45. The second-order valence-electron chi connectivity index (χ2n) is 6.62. The minimum atomic E-state index is -0.369. The number of thiazole rings is 1. The highest BCUT2D eigenvalue weighted by molar-refractivity contribution is 9.11. The number of halogens is 3. The van der Waals surface area contributed by atoms with Crippen LogP contribution in [0.5, 0.6) is 0 Å². The Hall–Kier alpha value is -1.58. The van der Waals surface area contributed by atoms with E-state index in [1.165, 1.54) is 23.5 Å². The van der Waals surface area contributed by atoms with Gasteiger partial charge >= 0.3 is 0 Å². The van der Waals surface area contributed by atoms with Gasteiger partial charge in [-0.15, -0.1) is 11.3 Å². The molecule has 3 heterocycles. The Morgan fingerprint density at radius 2 is 2.21 bits per heavy atom. The Morgan fingerprint density at radius 3 is 2.90 bits per heavy atom. The lowest BCUT2D eigenvalue weighted by Gasteiger charge is -2.32. The van der Waals surface area contributed by atoms with Crippen LogP contribution in [0.2, 0.25) is 5.02 Å². The van der Waals surface area contributed by atoms with Crippen molar-refractivity contribution in [2.45, 2.75) is 6.04 Å². The van der Waals surface area contributed by atoms with Crippen molar-refractivity contribution in [3.05, 3.63) is 73.5 Å². The number of ether oxygens (including phenoxy) is 1. The first-order chi connectivity index (χ1) is 14.2. The van der Waals surface area contributed by atoms with Crippen molar-refractivity contribution in [3.63, 3.8) is 0 Å². The number of benzene rings is 1. The first-order valence-electron chi connectivity index (χ1n) is 9.15. The maximum Gasteiger partial charge on any atom is 0.163 e. The van der Waals surface area contributed by atoms with E-state index in [-0.39, 0.29) is 11.9 Å². The van der Waals surface area contributed by atoms with Crippen molar-refractivity contribution in [1.29, 1.82) is 0 Å². The minimum absolute atomic E-state index is 0.352. The predicted molar refractivity (Wildman–Crippen MR) is 118 cm³/mol. The molecule has 0 saturated carbocycles. The molecular weight excluding hydrogens is 479 g/mol. The highest BCUT2D eigenvalue weighted by atomic mass is 79.9. The summed E-state index contributed by atoms with van der Waals surface area (Å²) in [6.07, 6.45) is 3.72. The van der Waals surface area contributed by atoms with Crippen LogP contribution in [0.25, 0.3) is 0 Å². The average Bonchev–Trinajstić information content (AvgIpc) is 3.25. The SMILES string of the molecule is Fc1ccc(C2N=C(c3nccs3)NC(CN3CCOCC3)=C2/C=C/Br)c(Cl)c1. The zero-order valence-corrected chi connectivity index (χ0v) is 18.6. The summed E-state index contributed by atoms with van der Waals surface area (Å²) in [6, 6.07) is 4.08. The third-order valence-electron chi connectivity index (χ3n) is 4.79. The Balaban J connectivity index is 1.78. The quantitative estimate of drug-likeness (QED) is 0.660. The first kappa shape index (κ1) is 20.7. The van der Waals surface area contributed by atoms with Crippen molar-refractivity contribution in [3.8, 4) is 0 Å². The molecule has 9 heteroatoms. The molecule has 1 N–H and O–H groups in total. The maximum atomic E-state index is 13.7. The number of hydrogen-bond acceptors (Lipinski definition) is 6. The van der Waals surface area contributed by atoms with Gasteiger partial charge in [0.1, 0.15) is 11.9 Å². The van der Waals surface area contributed by atoms with Gasteiger partial charge in [-0.2, -0.15) is 0 Å². The van der Waals surface area contributed by atoms with Crippen LogP contribution in [0.4, 0.5) is 4.39 Å². The summed E-state index contributed by atoms with van der Waals surface area (Å²) in [5.74, 6) is 0.326. The van der Waals surface area contributed by atoms with E-state index in [4.69, 9.17) is 21.3 Å². The van der Waals surface area contributed by atoms with E-state index in [0.29, 0.717) is 10.9 Å². The van der Waals surface area contributed by atoms with Gasteiger partial charge in [-0.25, -0.2) is 9.37 Å². The third kappa shape index (κ3) is 4.78. The van der Waals surface area contributed by atoms with Gasteiger partial charge in [0.15, 0.2) is 10.8 Å². The van der Waals surface area contributed by atoms with Crippen LogP contribution < -0.4 is 5.32 Å². The van der Waals surface area contributed by atoms with Crippen LogP contribution >= 0.6 is 38.9 Å². The molecule has 1 unspecified atom stereocenters. The zero-order chi connectivity index (χ0) is 20.2. The Bertz CT molecular complexity index is 957. The van der Waals surface area contributed by atoms with Crippen molar-refractivity contribution >= 4 is 44.7 Å². The fraction of sp³-hybridized carbons (Fsp3) is 0.300. The smallest absolute Gasteiger partial charge is 0.163 e. The molecule has 5 nitrogen and oxygen atoms in total. The summed E-state index contributed by atoms with van der Waals surface area (Å²) in [4.78, 5) is 13.4. The van der Waals surface area contributed by atoms with E-state index < -0.39 is 0 Å². The molecule has 0 bridgehead atoms. The topological polar surface area (TPSA) is 49.8 Å². The third-order valence-corrected chi connectivity index (χ3v) is 6.16. The normalized spacial score (nSPS) is 20.8. The van der Waals surface area contributed by atoms with Gasteiger partial charge in [0.25, 0.3) is 0 Å². The molecule has 0 spiro atoms. The van der Waals surface area contributed by atoms with Crippen LogP contribution in [0.15, 0.2) is 57.1 Å². The first-order valence-corrected chi connectivity index (χ1v) is 11.3. The van der Waals surface area contributed by atoms with Crippen molar-refractivity contribution in [2.75, 3.05) is 32.8 Å². The number of aromatic nitrogens is 1. The van der Waals surface area contributed by atoms with Crippen molar-refractivity contribution in [2.24, 2.45) is 4.99 Å². The molecule has 152 valence electrons. The van der Waals surface area contributed by atoms with Gasteiger partial charge in [0.2, 0.25) is 0 Å². The maximum absolute atomic E-state index is 13.7. The number of nitrogens with zero attached hydrogens (tertiary/aromatic N) is 3. The van der Waals surface area contributed by atoms with Crippen molar-refractivity contribution < 1.29 is 9.13 Å². The molecule has 0 aliphatic carbocycles. The summed E-state index contributed by atoms with van der Waals surface area (Å²) in [5.41, 5.74) is 2.75. The van der Waals surface area contributed by atoms with E-state index >= 15 is 0 Å². The van der Waals surface area contributed by atoms with E-state index in [9.17, 15) is 4.39 Å². The summed E-state index contributed by atoms with van der Waals surface area (Å²) in [5, 5.41) is 6.54. The van der Waals surface area contributed by atoms with Crippen LogP contribution in [-0.2, 0) is 4.74 Å². The highest BCUT2D eigenvalue weighted by Crippen LogP contribution is 2.37. The van der Waals surface area contributed by atoms with Crippen LogP contribution in [0.3, 0.4) is 0 Å². The number of nitrogens with one attached hydrogen (secondary N) is 1. The fourth-order valence-electron chi connectivity index (χ4n) is 3.39. The van der Waals surface area contributed by atoms with Gasteiger partial charge in [-0.1, -0.05) is 33.6 Å². The zero-order valence-electron chi connectivity index (χ0n) is 15.4. The fourth-order valence-corrected chi connectivity index (χ4v) is 4.54. The molecular formula is C20H19BrClFN4OS. The number of morpholine rings is 1. The average molecular weight is 498 g/mol. The lowest BCUT2D eigenvalue weighted by molar-refractivity contribution is 0.0417. The van der Waals surface area contributed by atoms with Gasteiger partial charge < -0.3 is 10.1 Å². The van der Waals surface area contributed by atoms with Crippen molar-refractivity contribution in [1.82, 2.24) is 15.2 Å². The summed E-state index contributed by atoms with van der Waals surface area (Å²) in [7, 11) is 0. The second kappa shape index (κ2) is 9.49. The summed E-state index contributed by atoms with van der Waals surface area (Å²) in [6.45, 7) is 3.88. The lowest BCUT2D eigenvalue weighted by Crippen LogP contribution is -2.42. The van der Waals surface area contributed by atoms with E-state index in [2.05, 4.69) is 31.1 Å². The molecule has 1 atom stereocenters. The van der Waals surface area contributed by atoms with Gasteiger partial charge in [-0.05, 0) is 28.8 Å². The molecule has 1 saturated heterocycles. The Kier molecular flexibility index (Phi) is 6.77. The Morgan fingerprint density at radius 1 is 1.38 bits per heavy atom. The van der Waals surface area contributed by atoms with E-state index in [0.717, 1.165) is 54.7 Å². The van der Waals surface area contributed by atoms with Crippen LogP contribution in [0, 0.1) is 5.82 Å². The molecule has 0 radical (unpaired) electrons. The molecule has 2 aliphatic heterocycles. The Labute approximate surface area is 186 Å². The molecule has 29 heavy (non-hydrogen) atoms. The largest absolute Gasteiger partial charge is 0.379 e. The van der Waals surface area contributed by atoms with Gasteiger partial charge in [0.05, 0.1) is 13.2 Å². The molecule has 4 rings (SSSR count). The predicted octanol–water partition coefficient (Wildman–Crippen LogP) is 4.52. The van der Waals surface area contributed by atoms with E-state index in [1.54, 1.807) is 17.2 Å². The molecule has 1 aromatic heterocycles. The van der Waals surface area contributed by atoms with Crippen LogP contribution in [-0.4, -0.2) is 48.6 Å². The molecule has 2 aliphatic rings. The van der Waals surface area contributed by atoms with Crippen LogP contribution in [0.1, 0.15) is 16.6 Å². The summed E-state index contributed by atoms with van der Waals surface area (Å²) < 4.78 is 19.1. The summed E-state index contributed by atoms with van der Waals surface area (Å²) >= 11 is 11.3. The number of amidine groups is 1. The van der Waals surface area contributed by atoms with Gasteiger partial charge in [-0.3, -0.25) is 9.89 Å². The standard InChI is InChI=1S/C20H19BrClFN4OS/c21-4-3-15-17(12-27-6-8-28-9-7-27)25-19(20-24-5-10-29-20)26-18(15)14-2-1-13(23)11-16(14)22/h1-5,10-11,18H,6-9,12H2,(H,25,26)/b4-3+. The molecule has 1 aromatic carbocycles. The minimum Gasteiger partial charge on any atom is -0.379 e. The monoisotopic (exact) mass is 496 g/mol. The number of hydrogen-bond donors (Lipinski definition) is 1. The van der Waals surface area contributed by atoms with Gasteiger partial charge in [0, 0.05) is 47.5 Å². The lowest BCUT2D eigenvalue weighted by atomic mass is 9.95.